The predicted molar refractivity (Wildman–Crippen MR) is 122 cm³/mol. The van der Waals surface area contributed by atoms with Crippen LogP contribution in [0, 0.1) is 13.8 Å². The van der Waals surface area contributed by atoms with Gasteiger partial charge in [-0.15, -0.1) is 0 Å². The summed E-state index contributed by atoms with van der Waals surface area (Å²) in [6, 6.07) is 12.4. The number of carbonyl (C=O) groups is 2. The number of hydrogen-bond acceptors (Lipinski definition) is 5. The first-order valence-electron chi connectivity index (χ1n) is 9.70. The predicted octanol–water partition coefficient (Wildman–Crippen LogP) is 5.84. The van der Waals surface area contributed by atoms with Gasteiger partial charge < -0.3 is 14.3 Å². The van der Waals surface area contributed by atoms with Crippen LogP contribution < -0.4 is 9.64 Å². The van der Waals surface area contributed by atoms with E-state index in [0.29, 0.717) is 17.2 Å². The van der Waals surface area contributed by atoms with Crippen molar-refractivity contribution >= 4 is 46.3 Å². The largest absolute Gasteiger partial charge is 0.507 e. The van der Waals surface area contributed by atoms with Crippen LogP contribution in [-0.2, 0) is 9.59 Å². The van der Waals surface area contributed by atoms with E-state index >= 15 is 0 Å². The SMILES string of the molecule is COc1c(Cl)cc(Cl)cc1/C(O)=C1\C(=O)C(=O)N(c2ccc(C)cc2)C1c1ccc(C)o1. The van der Waals surface area contributed by atoms with Gasteiger partial charge in [0.05, 0.1) is 23.3 Å². The van der Waals surface area contributed by atoms with E-state index in [0.717, 1.165) is 5.56 Å². The molecule has 0 spiro atoms. The van der Waals surface area contributed by atoms with E-state index in [-0.39, 0.29) is 26.9 Å². The average Bonchev–Trinajstić information content (AvgIpc) is 3.29. The highest BCUT2D eigenvalue weighted by Gasteiger charge is 2.48. The second-order valence-electron chi connectivity index (χ2n) is 7.42. The number of benzene rings is 2. The van der Waals surface area contributed by atoms with Gasteiger partial charge in [-0.3, -0.25) is 14.5 Å². The fourth-order valence-electron chi connectivity index (χ4n) is 3.76. The molecule has 1 fully saturated rings. The molecular formula is C24H19Cl2NO5. The third kappa shape index (κ3) is 3.66. The molecule has 0 bridgehead atoms. The standard InChI is InChI=1S/C24H19Cl2NO5/c1-12-4-7-15(8-5-12)27-20(18-9-6-13(2)32-18)19(22(29)24(27)30)21(28)16-10-14(25)11-17(26)23(16)31-3/h4-11,20,28H,1-3H3/b21-19+. The Hall–Kier alpha value is -3.22. The highest BCUT2D eigenvalue weighted by atomic mass is 35.5. The Balaban J connectivity index is 1.99. The van der Waals surface area contributed by atoms with Crippen molar-refractivity contribution in [1.29, 1.82) is 0 Å². The second-order valence-corrected chi connectivity index (χ2v) is 8.27. The van der Waals surface area contributed by atoms with Gasteiger partial charge in [0.2, 0.25) is 0 Å². The fraction of sp³-hybridized carbons (Fsp3) is 0.167. The van der Waals surface area contributed by atoms with Crippen molar-refractivity contribution in [3.8, 4) is 5.75 Å². The third-order valence-electron chi connectivity index (χ3n) is 5.25. The minimum Gasteiger partial charge on any atom is -0.507 e. The number of ketones is 1. The van der Waals surface area contributed by atoms with E-state index in [2.05, 4.69) is 0 Å². The van der Waals surface area contributed by atoms with Crippen LogP contribution in [0.4, 0.5) is 5.69 Å². The maximum atomic E-state index is 13.2. The summed E-state index contributed by atoms with van der Waals surface area (Å²) >= 11 is 12.4. The van der Waals surface area contributed by atoms with E-state index in [1.807, 2.05) is 19.1 Å². The molecule has 3 aromatic rings. The van der Waals surface area contributed by atoms with Gasteiger partial charge in [0.1, 0.15) is 29.1 Å². The lowest BCUT2D eigenvalue weighted by molar-refractivity contribution is -0.132. The van der Waals surface area contributed by atoms with Crippen molar-refractivity contribution in [2.45, 2.75) is 19.9 Å². The molecule has 4 rings (SSSR count). The molecule has 1 aliphatic rings. The van der Waals surface area contributed by atoms with Gasteiger partial charge in [-0.05, 0) is 50.2 Å². The first-order chi connectivity index (χ1) is 15.2. The number of nitrogens with zero attached hydrogens (tertiary/aromatic N) is 1. The molecule has 8 heteroatoms. The Bertz CT molecular complexity index is 1260. The summed E-state index contributed by atoms with van der Waals surface area (Å²) in [5, 5.41) is 11.6. The van der Waals surface area contributed by atoms with Gasteiger partial charge in [0.15, 0.2) is 0 Å². The zero-order valence-electron chi connectivity index (χ0n) is 17.5. The quantitative estimate of drug-likeness (QED) is 0.293. The van der Waals surface area contributed by atoms with Gasteiger partial charge in [-0.25, -0.2) is 0 Å². The molecule has 1 atom stereocenters. The first-order valence-corrected chi connectivity index (χ1v) is 10.5. The van der Waals surface area contributed by atoms with Gasteiger partial charge in [-0.2, -0.15) is 0 Å². The Morgan fingerprint density at radius 1 is 1.06 bits per heavy atom. The molecule has 0 aliphatic carbocycles. The molecular weight excluding hydrogens is 453 g/mol. The van der Waals surface area contributed by atoms with E-state index < -0.39 is 23.5 Å². The fourth-order valence-corrected chi connectivity index (χ4v) is 4.33. The molecule has 1 N–H and O–H groups in total. The topological polar surface area (TPSA) is 80.0 Å². The van der Waals surface area contributed by atoms with E-state index in [1.165, 1.54) is 24.1 Å². The highest BCUT2D eigenvalue weighted by molar-refractivity contribution is 6.51. The first kappa shape index (κ1) is 22.0. The Kier molecular flexibility index (Phi) is 5.75. The average molecular weight is 472 g/mol. The number of aliphatic hydroxyl groups excluding tert-OH is 1. The lowest BCUT2D eigenvalue weighted by Gasteiger charge is -2.23. The van der Waals surface area contributed by atoms with Gasteiger partial charge in [-0.1, -0.05) is 40.9 Å². The van der Waals surface area contributed by atoms with Crippen molar-refractivity contribution < 1.29 is 23.8 Å². The highest BCUT2D eigenvalue weighted by Crippen LogP contribution is 2.45. The smallest absolute Gasteiger partial charge is 0.300 e. The van der Waals surface area contributed by atoms with Crippen LogP contribution in [0.15, 0.2) is 58.5 Å². The van der Waals surface area contributed by atoms with Crippen molar-refractivity contribution in [3.05, 3.63) is 86.8 Å². The van der Waals surface area contributed by atoms with Crippen molar-refractivity contribution in [3.63, 3.8) is 0 Å². The molecule has 32 heavy (non-hydrogen) atoms. The Morgan fingerprint density at radius 2 is 1.75 bits per heavy atom. The van der Waals surface area contributed by atoms with E-state index in [4.69, 9.17) is 32.4 Å². The molecule has 0 saturated carbocycles. The number of hydrogen-bond donors (Lipinski definition) is 1. The van der Waals surface area contributed by atoms with Crippen molar-refractivity contribution in [1.82, 2.24) is 0 Å². The number of carbonyl (C=O) groups excluding carboxylic acids is 2. The number of aliphatic hydroxyl groups is 1. The van der Waals surface area contributed by atoms with Crippen LogP contribution in [-0.4, -0.2) is 23.9 Å². The molecule has 6 nitrogen and oxygen atoms in total. The molecule has 0 radical (unpaired) electrons. The summed E-state index contributed by atoms with van der Waals surface area (Å²) in [6.07, 6.45) is 0. The van der Waals surface area contributed by atoms with Crippen LogP contribution >= 0.6 is 23.2 Å². The van der Waals surface area contributed by atoms with Gasteiger partial charge >= 0.3 is 0 Å². The number of aryl methyl sites for hydroxylation is 2. The maximum Gasteiger partial charge on any atom is 0.300 e. The number of halogens is 2. The minimum absolute atomic E-state index is 0.0974. The number of methoxy groups -OCH3 is 1. The summed E-state index contributed by atoms with van der Waals surface area (Å²) in [5.41, 5.74) is 1.43. The lowest BCUT2D eigenvalue weighted by Crippen LogP contribution is -2.29. The monoisotopic (exact) mass is 471 g/mol. The number of amides is 1. The molecule has 164 valence electrons. The Morgan fingerprint density at radius 3 is 2.34 bits per heavy atom. The van der Waals surface area contributed by atoms with Crippen LogP contribution in [0.3, 0.4) is 0 Å². The molecule has 1 aliphatic heterocycles. The van der Waals surface area contributed by atoms with E-state index in [9.17, 15) is 14.7 Å². The van der Waals surface area contributed by atoms with Crippen LogP contribution in [0.5, 0.6) is 5.75 Å². The van der Waals surface area contributed by atoms with Crippen molar-refractivity contribution in [2.75, 3.05) is 12.0 Å². The number of Topliss-reactive ketones (excluding diaryl/α,β-unsaturated/α-hetero) is 1. The number of rotatable bonds is 4. The Labute approximate surface area is 194 Å². The summed E-state index contributed by atoms with van der Waals surface area (Å²) in [4.78, 5) is 27.6. The number of ether oxygens (including phenoxy) is 1. The lowest BCUT2D eigenvalue weighted by atomic mass is 9.98. The molecule has 1 amide bonds. The maximum absolute atomic E-state index is 13.2. The molecule has 1 aromatic heterocycles. The summed E-state index contributed by atoms with van der Waals surface area (Å²) in [6.45, 7) is 3.67. The minimum atomic E-state index is -0.992. The molecule has 1 unspecified atom stereocenters. The molecule has 1 saturated heterocycles. The summed E-state index contributed by atoms with van der Waals surface area (Å²) in [7, 11) is 1.38. The summed E-state index contributed by atoms with van der Waals surface area (Å²) < 4.78 is 11.1. The zero-order valence-corrected chi connectivity index (χ0v) is 19.0. The van der Waals surface area contributed by atoms with Crippen LogP contribution in [0.25, 0.3) is 5.76 Å². The number of furan rings is 1. The summed E-state index contributed by atoms with van der Waals surface area (Å²) in [5.74, 6) is -1.06. The van der Waals surface area contributed by atoms with Crippen molar-refractivity contribution in [2.24, 2.45) is 0 Å². The third-order valence-corrected chi connectivity index (χ3v) is 5.75. The van der Waals surface area contributed by atoms with Gasteiger partial charge in [0.25, 0.3) is 11.7 Å². The normalized spacial score (nSPS) is 17.8. The second kappa shape index (κ2) is 8.37. The van der Waals surface area contributed by atoms with Gasteiger partial charge in [0, 0.05) is 10.7 Å². The zero-order chi connectivity index (χ0) is 23.2. The van der Waals surface area contributed by atoms with Crippen LogP contribution in [0.1, 0.15) is 28.7 Å². The number of anilines is 1. The molecule has 2 aromatic carbocycles. The van der Waals surface area contributed by atoms with E-state index in [1.54, 1.807) is 31.2 Å². The molecule has 2 heterocycles. The van der Waals surface area contributed by atoms with Crippen LogP contribution in [0.2, 0.25) is 10.0 Å².